The Kier molecular flexibility index (Phi) is 7.83. The van der Waals surface area contributed by atoms with Crippen LogP contribution < -0.4 is 5.32 Å². The van der Waals surface area contributed by atoms with Crippen LogP contribution in [0.1, 0.15) is 11.7 Å². The molecule has 24 heavy (non-hydrogen) atoms. The summed E-state index contributed by atoms with van der Waals surface area (Å²) in [4.78, 5) is 9.90. The van der Waals surface area contributed by atoms with Crippen LogP contribution in [0.4, 0.5) is 8.78 Å². The van der Waals surface area contributed by atoms with E-state index in [4.69, 9.17) is 28.5 Å². The second kappa shape index (κ2) is 9.13. The van der Waals surface area contributed by atoms with Gasteiger partial charge in [0.15, 0.2) is 10.8 Å². The molecule has 0 aliphatic heterocycles. The first-order valence-corrected chi connectivity index (χ1v) is 8.96. The summed E-state index contributed by atoms with van der Waals surface area (Å²) in [5, 5.41) is 20.7. The molecule has 6 nitrogen and oxygen atoms in total. The largest absolute Gasteiger partial charge is 0.386 e. The van der Waals surface area contributed by atoms with Crippen molar-refractivity contribution in [3.63, 3.8) is 0 Å². The Labute approximate surface area is 147 Å². The highest BCUT2D eigenvalue weighted by molar-refractivity contribution is 7.93. The van der Waals surface area contributed by atoms with Crippen molar-refractivity contribution in [2.75, 3.05) is 12.7 Å². The van der Waals surface area contributed by atoms with Gasteiger partial charge in [-0.05, 0) is 17.7 Å². The standard InChI is InChI=1S/C13H13Cl2F2N3O3S/c14-12(15)13(22)20-10(5-16)11(21)8-1-3-9(4-2-8)24(23,6-17)19-7-18/h1-4,10-12,21H,5-6H2,(H,20,22)/t10-,11-,24?/m0/s1. The molecule has 0 bridgehead atoms. The lowest BCUT2D eigenvalue weighted by Gasteiger charge is -2.22. The highest BCUT2D eigenvalue weighted by Gasteiger charge is 2.25. The molecule has 3 atom stereocenters. The predicted molar refractivity (Wildman–Crippen MR) is 85.2 cm³/mol. The van der Waals surface area contributed by atoms with E-state index in [1.807, 2.05) is 0 Å². The van der Waals surface area contributed by atoms with Crippen molar-refractivity contribution in [3.8, 4) is 6.19 Å². The van der Waals surface area contributed by atoms with E-state index in [1.165, 1.54) is 30.5 Å². The fourth-order valence-corrected chi connectivity index (χ4v) is 2.86. The lowest BCUT2D eigenvalue weighted by atomic mass is 10.0. The zero-order chi connectivity index (χ0) is 18.3. The predicted octanol–water partition coefficient (Wildman–Crippen LogP) is 2.21. The van der Waals surface area contributed by atoms with Gasteiger partial charge in [-0.1, -0.05) is 35.3 Å². The third kappa shape index (κ3) is 5.01. The normalized spacial score (nSPS) is 15.9. The number of carbonyl (C=O) groups excluding carboxylic acids is 1. The van der Waals surface area contributed by atoms with Gasteiger partial charge in [0.2, 0.25) is 6.19 Å². The third-order valence-electron chi connectivity index (χ3n) is 3.00. The second-order valence-corrected chi connectivity index (χ2v) is 7.77. The number of nitrogens with zero attached hydrogens (tertiary/aromatic N) is 2. The van der Waals surface area contributed by atoms with Crippen LogP contribution in [0.2, 0.25) is 0 Å². The summed E-state index contributed by atoms with van der Waals surface area (Å²) in [5.74, 6) is -0.870. The lowest BCUT2D eigenvalue weighted by molar-refractivity contribution is -0.121. The smallest absolute Gasteiger partial charge is 0.253 e. The van der Waals surface area contributed by atoms with Crippen molar-refractivity contribution in [1.82, 2.24) is 5.32 Å². The fourth-order valence-electron chi connectivity index (χ4n) is 1.76. The number of benzene rings is 1. The molecular weight excluding hydrogens is 387 g/mol. The SMILES string of the molecule is N#CN=S(=O)(CF)c1ccc([C@H](O)[C@H](CF)NC(=O)C(Cl)Cl)cc1. The van der Waals surface area contributed by atoms with Gasteiger partial charge in [0.25, 0.3) is 5.91 Å². The minimum atomic E-state index is -3.52. The molecule has 0 aliphatic carbocycles. The summed E-state index contributed by atoms with van der Waals surface area (Å²) in [6.45, 7) is -1.10. The molecule has 1 aromatic carbocycles. The van der Waals surface area contributed by atoms with E-state index in [0.29, 0.717) is 0 Å². The molecule has 1 amide bonds. The maximum absolute atomic E-state index is 13.0. The Morgan fingerprint density at radius 1 is 1.38 bits per heavy atom. The van der Waals surface area contributed by atoms with Gasteiger partial charge >= 0.3 is 0 Å². The van der Waals surface area contributed by atoms with Crippen molar-refractivity contribution in [1.29, 1.82) is 5.26 Å². The molecule has 11 heteroatoms. The summed E-state index contributed by atoms with van der Waals surface area (Å²) < 4.78 is 41.1. The fraction of sp³-hybridized carbons (Fsp3) is 0.385. The lowest BCUT2D eigenvalue weighted by Crippen LogP contribution is -2.43. The maximum Gasteiger partial charge on any atom is 0.253 e. The molecule has 132 valence electrons. The Balaban J connectivity index is 3.03. The molecule has 0 saturated carbocycles. The maximum atomic E-state index is 13.0. The van der Waals surface area contributed by atoms with Gasteiger partial charge in [-0.2, -0.15) is 5.26 Å². The number of amides is 1. The van der Waals surface area contributed by atoms with Crippen LogP contribution in [0.25, 0.3) is 0 Å². The molecular formula is C13H13Cl2F2N3O3S. The van der Waals surface area contributed by atoms with E-state index in [1.54, 1.807) is 0 Å². The van der Waals surface area contributed by atoms with Gasteiger partial charge in [-0.15, -0.1) is 4.36 Å². The Hall–Kier alpha value is -1.47. The van der Waals surface area contributed by atoms with Crippen LogP contribution in [0.5, 0.6) is 0 Å². The van der Waals surface area contributed by atoms with Gasteiger partial charge in [-0.3, -0.25) is 4.79 Å². The van der Waals surface area contributed by atoms with Crippen LogP contribution in [0.15, 0.2) is 33.5 Å². The number of aliphatic hydroxyl groups excluding tert-OH is 1. The Morgan fingerprint density at radius 3 is 2.38 bits per heavy atom. The molecule has 0 radical (unpaired) electrons. The molecule has 0 aliphatic rings. The van der Waals surface area contributed by atoms with Crippen molar-refractivity contribution in [2.24, 2.45) is 4.36 Å². The number of carbonyl (C=O) groups is 1. The summed E-state index contributed by atoms with van der Waals surface area (Å²) in [6.07, 6.45) is -0.157. The molecule has 0 fully saturated rings. The monoisotopic (exact) mass is 399 g/mol. The van der Waals surface area contributed by atoms with Crippen LogP contribution in [-0.2, 0) is 14.5 Å². The van der Waals surface area contributed by atoms with E-state index >= 15 is 0 Å². The van der Waals surface area contributed by atoms with Crippen LogP contribution in [0.3, 0.4) is 0 Å². The van der Waals surface area contributed by atoms with Crippen molar-refractivity contribution in [2.45, 2.75) is 21.9 Å². The first-order chi connectivity index (χ1) is 11.3. The van der Waals surface area contributed by atoms with Crippen molar-refractivity contribution >= 4 is 38.8 Å². The number of hydrogen-bond acceptors (Lipinski definition) is 5. The first kappa shape index (κ1) is 20.6. The topological polar surface area (TPSA) is 103 Å². The molecule has 1 aromatic rings. The number of halogens is 4. The molecule has 2 N–H and O–H groups in total. The minimum absolute atomic E-state index is 0.0510. The summed E-state index contributed by atoms with van der Waals surface area (Å²) in [6, 6.07) is 2.26. The third-order valence-corrected chi connectivity index (χ3v) is 5.08. The number of rotatable bonds is 7. The molecule has 1 rings (SSSR count). The zero-order valence-electron chi connectivity index (χ0n) is 12.0. The van der Waals surface area contributed by atoms with Gasteiger partial charge in [-0.25, -0.2) is 13.0 Å². The van der Waals surface area contributed by atoms with Crippen LogP contribution in [-0.4, -0.2) is 38.8 Å². The van der Waals surface area contributed by atoms with Gasteiger partial charge in [0, 0.05) is 0 Å². The molecule has 1 unspecified atom stereocenters. The van der Waals surface area contributed by atoms with Crippen molar-refractivity contribution in [3.05, 3.63) is 29.8 Å². The van der Waals surface area contributed by atoms with Gasteiger partial charge < -0.3 is 10.4 Å². The number of hydrogen-bond donors (Lipinski definition) is 2. The quantitative estimate of drug-likeness (QED) is 0.541. The number of alkyl halides is 4. The molecule has 0 saturated heterocycles. The average molecular weight is 400 g/mol. The summed E-state index contributed by atoms with van der Waals surface area (Å²) in [7, 11) is -3.52. The molecule has 0 aromatic heterocycles. The van der Waals surface area contributed by atoms with E-state index in [2.05, 4.69) is 9.68 Å². The van der Waals surface area contributed by atoms with E-state index < -0.39 is 45.3 Å². The Morgan fingerprint density at radius 2 is 1.96 bits per heavy atom. The number of nitrogens with one attached hydrogen (secondary N) is 1. The highest BCUT2D eigenvalue weighted by atomic mass is 35.5. The van der Waals surface area contributed by atoms with Crippen molar-refractivity contribution < 1.29 is 22.9 Å². The minimum Gasteiger partial charge on any atom is -0.386 e. The molecule has 0 heterocycles. The first-order valence-electron chi connectivity index (χ1n) is 6.40. The second-order valence-electron chi connectivity index (χ2n) is 4.52. The van der Waals surface area contributed by atoms with Gasteiger partial charge in [0.1, 0.15) is 22.5 Å². The van der Waals surface area contributed by atoms with Crippen LogP contribution >= 0.6 is 23.2 Å². The Bertz CT molecular complexity index is 731. The highest BCUT2D eigenvalue weighted by Crippen LogP contribution is 2.22. The number of aliphatic hydroxyl groups is 1. The average Bonchev–Trinajstić information content (AvgIpc) is 2.58. The summed E-state index contributed by atoms with van der Waals surface area (Å²) in [5.41, 5.74) is 0.167. The van der Waals surface area contributed by atoms with Crippen LogP contribution in [0, 0.1) is 11.5 Å². The zero-order valence-corrected chi connectivity index (χ0v) is 14.4. The molecule has 0 spiro atoms. The van der Waals surface area contributed by atoms with E-state index in [0.717, 1.165) is 0 Å². The summed E-state index contributed by atoms with van der Waals surface area (Å²) >= 11 is 10.7. The van der Waals surface area contributed by atoms with E-state index in [-0.39, 0.29) is 10.5 Å². The number of nitriles is 1. The van der Waals surface area contributed by atoms with E-state index in [9.17, 15) is 22.9 Å². The van der Waals surface area contributed by atoms with Gasteiger partial charge in [0.05, 0.1) is 10.9 Å².